The summed E-state index contributed by atoms with van der Waals surface area (Å²) < 4.78 is 7.51. The van der Waals surface area contributed by atoms with Crippen molar-refractivity contribution >= 4 is 22.6 Å². The van der Waals surface area contributed by atoms with E-state index in [9.17, 15) is 4.79 Å². The molecule has 4 rings (SSSR count). The number of amides is 1. The van der Waals surface area contributed by atoms with Crippen molar-refractivity contribution in [2.45, 2.75) is 18.5 Å². The Bertz CT molecular complexity index is 909. The molecule has 1 aromatic carbocycles. The van der Waals surface area contributed by atoms with Crippen LogP contribution >= 0.6 is 0 Å². The van der Waals surface area contributed by atoms with Crippen LogP contribution in [0, 0.1) is 0 Å². The molecule has 3 aromatic rings. The molecule has 134 valence electrons. The lowest BCUT2D eigenvalue weighted by Crippen LogP contribution is -2.52. The van der Waals surface area contributed by atoms with Crippen molar-refractivity contribution in [3.05, 3.63) is 54.6 Å². The molecular formula is C19H21N5O2. The Balaban J connectivity index is 1.52. The van der Waals surface area contributed by atoms with Gasteiger partial charge in [0.2, 0.25) is 0 Å². The van der Waals surface area contributed by atoms with Crippen LogP contribution in [0.5, 0.6) is 0 Å². The fraction of sp³-hybridized carbons (Fsp3) is 0.316. The van der Waals surface area contributed by atoms with E-state index in [1.165, 1.54) is 6.33 Å². The molecule has 0 bridgehead atoms. The molecule has 0 radical (unpaired) electrons. The summed E-state index contributed by atoms with van der Waals surface area (Å²) in [4.78, 5) is 21.0. The van der Waals surface area contributed by atoms with Crippen molar-refractivity contribution in [3.8, 4) is 0 Å². The standard InChI is InChI=1S/C19H21N5O2/c1-24-16-5-3-2-4-13(16)10-17(24)19(25)23-14-7-9-26-11-15(14)22-18-6-8-20-12-21-18/h2-6,8,10,12,14-15H,7,9,11H2,1H3,(H,23,25)(H,20,21,22)/t14-,15+/m0/s1. The first-order valence-corrected chi connectivity index (χ1v) is 8.68. The molecule has 1 saturated heterocycles. The quantitative estimate of drug-likeness (QED) is 0.751. The first kappa shape index (κ1) is 16.5. The Morgan fingerprint density at radius 3 is 2.96 bits per heavy atom. The van der Waals surface area contributed by atoms with E-state index in [0.717, 1.165) is 23.1 Å². The van der Waals surface area contributed by atoms with Gasteiger partial charge in [0, 0.05) is 30.8 Å². The maximum absolute atomic E-state index is 12.9. The summed E-state index contributed by atoms with van der Waals surface area (Å²) in [5.41, 5.74) is 1.69. The summed E-state index contributed by atoms with van der Waals surface area (Å²) in [7, 11) is 1.91. The molecule has 2 aromatic heterocycles. The van der Waals surface area contributed by atoms with Crippen LogP contribution in [-0.2, 0) is 11.8 Å². The summed E-state index contributed by atoms with van der Waals surface area (Å²) in [5.74, 6) is 0.643. The molecule has 1 aliphatic heterocycles. The minimum absolute atomic E-state index is 0.0378. The van der Waals surface area contributed by atoms with Gasteiger partial charge in [-0.05, 0) is 24.6 Å². The van der Waals surface area contributed by atoms with Crippen LogP contribution in [0.2, 0.25) is 0 Å². The monoisotopic (exact) mass is 351 g/mol. The van der Waals surface area contributed by atoms with Crippen LogP contribution in [0.25, 0.3) is 10.9 Å². The number of rotatable bonds is 4. The number of para-hydroxylation sites is 1. The highest BCUT2D eigenvalue weighted by Crippen LogP contribution is 2.19. The van der Waals surface area contributed by atoms with Gasteiger partial charge in [-0.3, -0.25) is 4.79 Å². The highest BCUT2D eigenvalue weighted by molar-refractivity contribution is 5.98. The predicted octanol–water partition coefficient (Wildman–Crippen LogP) is 1.97. The third kappa shape index (κ3) is 3.25. The van der Waals surface area contributed by atoms with E-state index in [-0.39, 0.29) is 18.0 Å². The lowest BCUT2D eigenvalue weighted by Gasteiger charge is -2.33. The average molecular weight is 351 g/mol. The summed E-state index contributed by atoms with van der Waals surface area (Å²) >= 11 is 0. The van der Waals surface area contributed by atoms with Gasteiger partial charge in [-0.15, -0.1) is 0 Å². The van der Waals surface area contributed by atoms with E-state index in [0.29, 0.717) is 18.9 Å². The van der Waals surface area contributed by atoms with E-state index in [1.54, 1.807) is 12.3 Å². The largest absolute Gasteiger partial charge is 0.379 e. The molecule has 1 aliphatic rings. The second-order valence-electron chi connectivity index (χ2n) is 6.44. The number of nitrogens with zero attached hydrogens (tertiary/aromatic N) is 3. The Morgan fingerprint density at radius 1 is 1.27 bits per heavy atom. The first-order chi connectivity index (χ1) is 12.7. The number of carbonyl (C=O) groups is 1. The Kier molecular flexibility index (Phi) is 4.53. The highest BCUT2D eigenvalue weighted by Gasteiger charge is 2.28. The average Bonchev–Trinajstić information content (AvgIpc) is 3.01. The molecule has 2 N–H and O–H groups in total. The van der Waals surface area contributed by atoms with Crippen LogP contribution in [-0.4, -0.2) is 45.7 Å². The predicted molar refractivity (Wildman–Crippen MR) is 99.1 cm³/mol. The van der Waals surface area contributed by atoms with E-state index in [4.69, 9.17) is 4.74 Å². The number of benzene rings is 1. The highest BCUT2D eigenvalue weighted by atomic mass is 16.5. The minimum atomic E-state index is -0.0786. The van der Waals surface area contributed by atoms with Gasteiger partial charge in [0.05, 0.1) is 18.7 Å². The van der Waals surface area contributed by atoms with Crippen LogP contribution in [0.1, 0.15) is 16.9 Å². The van der Waals surface area contributed by atoms with Crippen LogP contribution in [0.3, 0.4) is 0 Å². The molecule has 0 unspecified atom stereocenters. The van der Waals surface area contributed by atoms with Crippen molar-refractivity contribution in [2.24, 2.45) is 7.05 Å². The molecule has 1 fully saturated rings. The fourth-order valence-corrected chi connectivity index (χ4v) is 3.37. The SMILES string of the molecule is Cn1c(C(=O)N[C@H]2CCOC[C@H]2Nc2ccncn2)cc2ccccc21. The number of hydrogen-bond acceptors (Lipinski definition) is 5. The van der Waals surface area contributed by atoms with Crippen LogP contribution < -0.4 is 10.6 Å². The van der Waals surface area contributed by atoms with Gasteiger partial charge in [0.15, 0.2) is 0 Å². The smallest absolute Gasteiger partial charge is 0.268 e. The fourth-order valence-electron chi connectivity index (χ4n) is 3.37. The zero-order valence-corrected chi connectivity index (χ0v) is 14.6. The Hall–Kier alpha value is -2.93. The van der Waals surface area contributed by atoms with E-state index < -0.39 is 0 Å². The number of hydrogen-bond donors (Lipinski definition) is 2. The summed E-state index contributed by atoms with van der Waals surface area (Å²) in [6.45, 7) is 1.14. The molecule has 7 nitrogen and oxygen atoms in total. The third-order valence-corrected chi connectivity index (χ3v) is 4.77. The van der Waals surface area contributed by atoms with Gasteiger partial charge in [-0.25, -0.2) is 9.97 Å². The van der Waals surface area contributed by atoms with Gasteiger partial charge in [0.25, 0.3) is 5.91 Å². The van der Waals surface area contributed by atoms with E-state index >= 15 is 0 Å². The molecule has 3 heterocycles. The zero-order valence-electron chi connectivity index (χ0n) is 14.6. The van der Waals surface area contributed by atoms with Gasteiger partial charge in [0.1, 0.15) is 17.8 Å². The molecule has 0 aliphatic carbocycles. The van der Waals surface area contributed by atoms with Crippen LogP contribution in [0.15, 0.2) is 48.9 Å². The maximum Gasteiger partial charge on any atom is 0.268 e. The maximum atomic E-state index is 12.9. The summed E-state index contributed by atoms with van der Waals surface area (Å²) in [6.07, 6.45) is 3.93. The molecule has 1 amide bonds. The number of fused-ring (bicyclic) bond motifs is 1. The molecule has 2 atom stereocenters. The second-order valence-corrected chi connectivity index (χ2v) is 6.44. The van der Waals surface area contributed by atoms with E-state index in [2.05, 4.69) is 20.6 Å². The normalized spacial score (nSPS) is 20.0. The van der Waals surface area contributed by atoms with Crippen molar-refractivity contribution < 1.29 is 9.53 Å². The third-order valence-electron chi connectivity index (χ3n) is 4.77. The van der Waals surface area contributed by atoms with Crippen molar-refractivity contribution in [1.82, 2.24) is 19.9 Å². The Morgan fingerprint density at radius 2 is 2.15 bits per heavy atom. The number of nitrogens with one attached hydrogen (secondary N) is 2. The molecular weight excluding hydrogens is 330 g/mol. The van der Waals surface area contributed by atoms with Crippen molar-refractivity contribution in [3.63, 3.8) is 0 Å². The number of aromatic nitrogens is 3. The van der Waals surface area contributed by atoms with Crippen LogP contribution in [0.4, 0.5) is 5.82 Å². The molecule has 26 heavy (non-hydrogen) atoms. The number of ether oxygens (including phenoxy) is 1. The van der Waals surface area contributed by atoms with Gasteiger partial charge >= 0.3 is 0 Å². The summed E-state index contributed by atoms with van der Waals surface area (Å²) in [6, 6.07) is 11.6. The minimum Gasteiger partial charge on any atom is -0.379 e. The lowest BCUT2D eigenvalue weighted by molar-refractivity contribution is 0.0617. The van der Waals surface area contributed by atoms with Crippen molar-refractivity contribution in [1.29, 1.82) is 0 Å². The zero-order chi connectivity index (χ0) is 17.9. The lowest BCUT2D eigenvalue weighted by atomic mass is 10.0. The number of anilines is 1. The molecule has 7 heteroatoms. The van der Waals surface area contributed by atoms with Gasteiger partial charge in [-0.1, -0.05) is 18.2 Å². The van der Waals surface area contributed by atoms with Crippen molar-refractivity contribution in [2.75, 3.05) is 18.5 Å². The second kappa shape index (κ2) is 7.13. The summed E-state index contributed by atoms with van der Waals surface area (Å²) in [5, 5.41) is 7.55. The number of aryl methyl sites for hydroxylation is 1. The van der Waals surface area contributed by atoms with Gasteiger partial charge in [-0.2, -0.15) is 0 Å². The number of carbonyl (C=O) groups excluding carboxylic acids is 1. The Labute approximate surface area is 151 Å². The molecule has 0 saturated carbocycles. The molecule has 0 spiro atoms. The topological polar surface area (TPSA) is 81.1 Å². The van der Waals surface area contributed by atoms with E-state index in [1.807, 2.05) is 41.9 Å². The van der Waals surface area contributed by atoms with Gasteiger partial charge < -0.3 is 19.9 Å². The first-order valence-electron chi connectivity index (χ1n) is 8.68.